The molecule has 0 fully saturated rings. The molecule has 0 spiro atoms. The number of hydrogen-bond donors (Lipinski definition) is 2. The van der Waals surface area contributed by atoms with Gasteiger partial charge in [-0.1, -0.05) is 27.7 Å². The van der Waals surface area contributed by atoms with Crippen LogP contribution >= 0.6 is 0 Å². The van der Waals surface area contributed by atoms with Crippen molar-refractivity contribution in [3.8, 4) is 0 Å². The van der Waals surface area contributed by atoms with E-state index >= 15 is 0 Å². The largest absolute Gasteiger partial charge is 0.433 e. The zero-order valence-corrected chi connectivity index (χ0v) is 15.7. The second kappa shape index (κ2) is 10.4. The van der Waals surface area contributed by atoms with Gasteiger partial charge in [-0.05, 0) is 36.8 Å². The first kappa shape index (κ1) is 21.4. The lowest BCUT2D eigenvalue weighted by atomic mass is 10.1. The number of carbonyl (C=O) groups excluding carboxylic acids is 2. The molecular weight excluding hydrogens is 338 g/mol. The minimum Gasteiger partial charge on any atom is -0.401 e. The number of carbonyl (C=O) groups is 2. The van der Waals surface area contributed by atoms with E-state index in [1.54, 1.807) is 0 Å². The van der Waals surface area contributed by atoms with E-state index in [9.17, 15) is 19.7 Å². The number of nitrogens with zero attached hydrogens (tertiary/aromatic N) is 1. The molecule has 1 heterocycles. The maximum atomic E-state index is 12.4. The molecular formula is C18H27N3O5. The van der Waals surface area contributed by atoms with E-state index < -0.39 is 22.6 Å². The highest BCUT2D eigenvalue weighted by molar-refractivity contribution is 6.21. The summed E-state index contributed by atoms with van der Waals surface area (Å²) in [5, 5.41) is 16.1. The van der Waals surface area contributed by atoms with Crippen LogP contribution in [-0.2, 0) is 9.59 Å². The zero-order chi connectivity index (χ0) is 19.7. The van der Waals surface area contributed by atoms with Gasteiger partial charge in [-0.15, -0.1) is 0 Å². The van der Waals surface area contributed by atoms with Crippen LogP contribution in [0.4, 0.5) is 5.88 Å². The first-order valence-corrected chi connectivity index (χ1v) is 8.73. The summed E-state index contributed by atoms with van der Waals surface area (Å²) in [7, 11) is 0. The fourth-order valence-corrected chi connectivity index (χ4v) is 2.03. The molecule has 1 rings (SSSR count). The molecule has 2 N–H and O–H groups in total. The number of rotatable bonds is 10. The van der Waals surface area contributed by atoms with E-state index in [2.05, 4.69) is 10.6 Å². The van der Waals surface area contributed by atoms with Crippen LogP contribution in [0.2, 0.25) is 0 Å². The Morgan fingerprint density at radius 3 is 1.96 bits per heavy atom. The van der Waals surface area contributed by atoms with Crippen LogP contribution in [0.5, 0.6) is 0 Å². The van der Waals surface area contributed by atoms with E-state index in [1.165, 1.54) is 18.2 Å². The molecule has 0 unspecified atom stereocenters. The molecule has 0 saturated heterocycles. The lowest BCUT2D eigenvalue weighted by Crippen LogP contribution is -2.36. The molecule has 8 nitrogen and oxygen atoms in total. The molecule has 144 valence electrons. The van der Waals surface area contributed by atoms with Crippen LogP contribution in [-0.4, -0.2) is 29.8 Å². The molecule has 0 saturated carbocycles. The van der Waals surface area contributed by atoms with Crippen molar-refractivity contribution in [2.75, 3.05) is 13.1 Å². The molecule has 2 amide bonds. The van der Waals surface area contributed by atoms with Crippen molar-refractivity contribution in [2.24, 2.45) is 11.8 Å². The lowest BCUT2D eigenvalue weighted by Gasteiger charge is -2.11. The maximum absolute atomic E-state index is 12.4. The van der Waals surface area contributed by atoms with Gasteiger partial charge in [-0.3, -0.25) is 19.7 Å². The van der Waals surface area contributed by atoms with E-state index in [0.29, 0.717) is 24.9 Å². The molecule has 0 bridgehead atoms. The van der Waals surface area contributed by atoms with Gasteiger partial charge in [0.2, 0.25) is 0 Å². The minimum atomic E-state index is -0.678. The summed E-state index contributed by atoms with van der Waals surface area (Å²) in [5.41, 5.74) is -0.137. The molecule has 0 aliphatic rings. The Labute approximate surface area is 153 Å². The molecule has 8 heteroatoms. The molecule has 0 radical (unpaired) electrons. The number of nitrogens with one attached hydrogen (secondary N) is 2. The third-order valence-corrected chi connectivity index (χ3v) is 3.58. The smallest absolute Gasteiger partial charge is 0.401 e. The summed E-state index contributed by atoms with van der Waals surface area (Å²) >= 11 is 0. The summed E-state index contributed by atoms with van der Waals surface area (Å²) in [4.78, 5) is 34.8. The van der Waals surface area contributed by atoms with Crippen LogP contribution in [0.3, 0.4) is 0 Å². The fraction of sp³-hybridized carbons (Fsp3) is 0.556. The number of furan rings is 1. The molecule has 0 aliphatic carbocycles. The summed E-state index contributed by atoms with van der Waals surface area (Å²) < 4.78 is 5.03. The molecule has 0 aromatic carbocycles. The average Bonchev–Trinajstić information content (AvgIpc) is 3.00. The van der Waals surface area contributed by atoms with Gasteiger partial charge in [0, 0.05) is 13.1 Å². The predicted octanol–water partition coefficient (Wildman–Crippen LogP) is 2.90. The van der Waals surface area contributed by atoms with Crippen LogP contribution < -0.4 is 10.6 Å². The first-order chi connectivity index (χ1) is 12.2. The van der Waals surface area contributed by atoms with Gasteiger partial charge in [0.15, 0.2) is 0 Å². The molecule has 0 aliphatic heterocycles. The SMILES string of the molecule is CC(C)CCNC(=O)C(=Cc1ccc([N+](=O)[O-])o1)C(=O)NCCC(C)C. The summed E-state index contributed by atoms with van der Waals surface area (Å²) in [6.07, 6.45) is 2.78. The highest BCUT2D eigenvalue weighted by atomic mass is 16.6. The van der Waals surface area contributed by atoms with Crippen molar-refractivity contribution in [3.05, 3.63) is 33.6 Å². The average molecular weight is 365 g/mol. The van der Waals surface area contributed by atoms with E-state index in [-0.39, 0.29) is 11.3 Å². The number of nitro groups is 1. The monoisotopic (exact) mass is 365 g/mol. The standard InChI is InChI=1S/C18H27N3O5/c1-12(2)7-9-19-17(22)15(18(23)20-10-8-13(3)4)11-14-5-6-16(26-14)21(24)25/h5-6,11-13H,7-10H2,1-4H3,(H,19,22)(H,20,23). The van der Waals surface area contributed by atoms with Gasteiger partial charge in [0.1, 0.15) is 16.3 Å². The minimum absolute atomic E-state index is 0.0738. The molecule has 1 aromatic heterocycles. The van der Waals surface area contributed by atoms with Crippen molar-refractivity contribution in [3.63, 3.8) is 0 Å². The Balaban J connectivity index is 2.91. The third kappa shape index (κ3) is 7.50. The highest BCUT2D eigenvalue weighted by Gasteiger charge is 2.20. The van der Waals surface area contributed by atoms with Gasteiger partial charge in [0.05, 0.1) is 6.07 Å². The quantitative estimate of drug-likeness (QED) is 0.217. The molecule has 26 heavy (non-hydrogen) atoms. The number of hydrogen-bond acceptors (Lipinski definition) is 5. The Kier molecular flexibility index (Phi) is 8.54. The Morgan fingerprint density at radius 1 is 1.08 bits per heavy atom. The van der Waals surface area contributed by atoms with E-state index in [4.69, 9.17) is 4.42 Å². The van der Waals surface area contributed by atoms with Crippen molar-refractivity contribution in [2.45, 2.75) is 40.5 Å². The highest BCUT2D eigenvalue weighted by Crippen LogP contribution is 2.18. The summed E-state index contributed by atoms with van der Waals surface area (Å²) in [6.45, 7) is 9.00. The normalized spacial score (nSPS) is 10.7. The second-order valence-corrected chi connectivity index (χ2v) is 6.87. The predicted molar refractivity (Wildman–Crippen MR) is 98.3 cm³/mol. The van der Waals surface area contributed by atoms with E-state index in [1.807, 2.05) is 27.7 Å². The Hall–Kier alpha value is -2.64. The lowest BCUT2D eigenvalue weighted by molar-refractivity contribution is -0.402. The molecule has 0 atom stereocenters. The molecule has 1 aromatic rings. The van der Waals surface area contributed by atoms with Gasteiger partial charge >= 0.3 is 5.88 Å². The Bertz CT molecular complexity index is 634. The van der Waals surface area contributed by atoms with Gasteiger partial charge in [0.25, 0.3) is 11.8 Å². The second-order valence-electron chi connectivity index (χ2n) is 6.87. The van der Waals surface area contributed by atoms with Crippen molar-refractivity contribution < 1.29 is 18.9 Å². The van der Waals surface area contributed by atoms with Crippen LogP contribution in [0, 0.1) is 22.0 Å². The van der Waals surface area contributed by atoms with Crippen LogP contribution in [0.15, 0.2) is 22.1 Å². The van der Waals surface area contributed by atoms with Crippen molar-refractivity contribution in [1.82, 2.24) is 10.6 Å². The third-order valence-electron chi connectivity index (χ3n) is 3.58. The van der Waals surface area contributed by atoms with Gasteiger partial charge < -0.3 is 15.1 Å². The van der Waals surface area contributed by atoms with E-state index in [0.717, 1.165) is 12.8 Å². The van der Waals surface area contributed by atoms with Gasteiger partial charge in [-0.2, -0.15) is 0 Å². The van der Waals surface area contributed by atoms with Crippen LogP contribution in [0.25, 0.3) is 6.08 Å². The van der Waals surface area contributed by atoms with Crippen molar-refractivity contribution >= 4 is 23.8 Å². The maximum Gasteiger partial charge on any atom is 0.433 e. The fourth-order valence-electron chi connectivity index (χ4n) is 2.03. The first-order valence-electron chi connectivity index (χ1n) is 8.73. The zero-order valence-electron chi connectivity index (χ0n) is 15.7. The van der Waals surface area contributed by atoms with Gasteiger partial charge in [-0.25, -0.2) is 0 Å². The topological polar surface area (TPSA) is 114 Å². The van der Waals surface area contributed by atoms with Crippen LogP contribution in [0.1, 0.15) is 46.3 Å². The summed E-state index contributed by atoms with van der Waals surface area (Å²) in [6, 6.07) is 2.53. The van der Waals surface area contributed by atoms with Crippen molar-refractivity contribution in [1.29, 1.82) is 0 Å². The Morgan fingerprint density at radius 2 is 1.58 bits per heavy atom. The summed E-state index contributed by atoms with van der Waals surface area (Å²) in [5.74, 6) is -0.620. The number of amides is 2.